The maximum Gasteiger partial charge on any atom is 0.137 e. The molecule has 0 unspecified atom stereocenters. The first-order chi connectivity index (χ1) is 10.1. The molecular weight excluding hydrogens is 329 g/mol. The molecule has 1 N–H and O–H groups in total. The maximum atomic E-state index is 6.14. The zero-order valence-electron chi connectivity index (χ0n) is 11.6. The van der Waals surface area contributed by atoms with Crippen molar-refractivity contribution in [1.29, 1.82) is 0 Å². The van der Waals surface area contributed by atoms with E-state index in [1.807, 2.05) is 30.3 Å². The van der Waals surface area contributed by atoms with Gasteiger partial charge in [-0.2, -0.15) is 0 Å². The minimum atomic E-state index is 0.623. The third kappa shape index (κ3) is 4.79. The zero-order chi connectivity index (χ0) is 15.2. The number of hydrogen-bond donors (Lipinski definition) is 1. The van der Waals surface area contributed by atoms with Gasteiger partial charge in [0, 0.05) is 16.6 Å². The molecule has 0 aliphatic heterocycles. The largest absolute Gasteiger partial charge is 0.495 e. The van der Waals surface area contributed by atoms with Crippen molar-refractivity contribution in [2.45, 2.75) is 13.0 Å². The molecule has 0 saturated carbocycles. The Bertz CT molecular complexity index is 616. The lowest BCUT2D eigenvalue weighted by Gasteiger charge is -2.09. The molecule has 112 valence electrons. The fourth-order valence-corrected chi connectivity index (χ4v) is 2.78. The standard InChI is InChI=1S/C16H16Cl3NO/c1-21-16-5-2-11(8-15(16)19)10-20-7-6-12-3-4-13(17)9-14(12)18/h2-5,8-9,20H,6-7,10H2,1H3. The van der Waals surface area contributed by atoms with Gasteiger partial charge in [0.2, 0.25) is 0 Å². The number of halogens is 3. The van der Waals surface area contributed by atoms with Crippen LogP contribution in [0.5, 0.6) is 5.75 Å². The number of nitrogens with one attached hydrogen (secondary N) is 1. The van der Waals surface area contributed by atoms with E-state index in [1.165, 1.54) is 0 Å². The molecule has 0 saturated heterocycles. The predicted octanol–water partition coefficient (Wildman–Crippen LogP) is 4.99. The van der Waals surface area contributed by atoms with Crippen molar-refractivity contribution in [3.05, 3.63) is 62.6 Å². The molecule has 2 nitrogen and oxygen atoms in total. The number of rotatable bonds is 6. The minimum Gasteiger partial charge on any atom is -0.495 e. The Morgan fingerprint density at radius 1 is 1.00 bits per heavy atom. The summed E-state index contributed by atoms with van der Waals surface area (Å²) >= 11 is 18.1. The van der Waals surface area contributed by atoms with Crippen LogP contribution in [-0.4, -0.2) is 13.7 Å². The first-order valence-corrected chi connectivity index (χ1v) is 7.70. The van der Waals surface area contributed by atoms with Gasteiger partial charge in [-0.05, 0) is 48.4 Å². The summed E-state index contributed by atoms with van der Waals surface area (Å²) in [6.07, 6.45) is 0.847. The molecule has 2 aromatic rings. The van der Waals surface area contributed by atoms with E-state index < -0.39 is 0 Å². The summed E-state index contributed by atoms with van der Waals surface area (Å²) in [6.45, 7) is 1.57. The van der Waals surface area contributed by atoms with Crippen LogP contribution in [0.25, 0.3) is 0 Å². The fraction of sp³-hybridized carbons (Fsp3) is 0.250. The first-order valence-electron chi connectivity index (χ1n) is 6.57. The van der Waals surface area contributed by atoms with Crippen LogP contribution in [0, 0.1) is 0 Å². The van der Waals surface area contributed by atoms with E-state index in [1.54, 1.807) is 13.2 Å². The van der Waals surface area contributed by atoms with E-state index in [-0.39, 0.29) is 0 Å². The summed E-state index contributed by atoms with van der Waals surface area (Å²) in [5, 5.41) is 5.35. The van der Waals surface area contributed by atoms with E-state index in [2.05, 4.69) is 5.32 Å². The van der Waals surface area contributed by atoms with Gasteiger partial charge in [-0.15, -0.1) is 0 Å². The average Bonchev–Trinajstić information content (AvgIpc) is 2.45. The van der Waals surface area contributed by atoms with Gasteiger partial charge in [-0.25, -0.2) is 0 Å². The molecule has 0 aliphatic carbocycles. The Morgan fingerprint density at radius 3 is 2.48 bits per heavy atom. The van der Waals surface area contributed by atoms with Crippen LogP contribution >= 0.6 is 34.8 Å². The van der Waals surface area contributed by atoms with Gasteiger partial charge in [0.25, 0.3) is 0 Å². The number of ether oxygens (including phenoxy) is 1. The molecule has 21 heavy (non-hydrogen) atoms. The summed E-state index contributed by atoms with van der Waals surface area (Å²) in [5.41, 5.74) is 2.20. The van der Waals surface area contributed by atoms with E-state index in [0.717, 1.165) is 30.6 Å². The normalized spacial score (nSPS) is 10.7. The van der Waals surface area contributed by atoms with Gasteiger partial charge in [0.05, 0.1) is 12.1 Å². The minimum absolute atomic E-state index is 0.623. The summed E-state index contributed by atoms with van der Waals surface area (Å²) in [7, 11) is 1.61. The van der Waals surface area contributed by atoms with Crippen molar-refractivity contribution in [2.24, 2.45) is 0 Å². The van der Waals surface area contributed by atoms with Gasteiger partial charge >= 0.3 is 0 Å². The molecule has 0 fully saturated rings. The van der Waals surface area contributed by atoms with Crippen molar-refractivity contribution < 1.29 is 4.74 Å². The predicted molar refractivity (Wildman–Crippen MR) is 89.9 cm³/mol. The molecule has 0 aliphatic rings. The average molecular weight is 345 g/mol. The van der Waals surface area contributed by atoms with Crippen molar-refractivity contribution in [3.8, 4) is 5.75 Å². The number of benzene rings is 2. The Balaban J connectivity index is 1.83. The molecule has 0 atom stereocenters. The number of hydrogen-bond acceptors (Lipinski definition) is 2. The Labute approximate surface area is 140 Å². The van der Waals surface area contributed by atoms with Crippen molar-refractivity contribution in [3.63, 3.8) is 0 Å². The lowest BCUT2D eigenvalue weighted by atomic mass is 10.1. The van der Waals surface area contributed by atoms with E-state index >= 15 is 0 Å². The molecule has 0 aromatic heterocycles. The van der Waals surface area contributed by atoms with E-state index in [9.17, 15) is 0 Å². The molecule has 0 amide bonds. The van der Waals surface area contributed by atoms with Crippen molar-refractivity contribution in [2.75, 3.05) is 13.7 Å². The highest BCUT2D eigenvalue weighted by atomic mass is 35.5. The summed E-state index contributed by atoms with van der Waals surface area (Å²) in [4.78, 5) is 0. The highest BCUT2D eigenvalue weighted by Gasteiger charge is 2.03. The SMILES string of the molecule is COc1ccc(CNCCc2ccc(Cl)cc2Cl)cc1Cl. The summed E-state index contributed by atoms with van der Waals surface area (Å²) in [6, 6.07) is 11.3. The van der Waals surface area contributed by atoms with Gasteiger partial charge in [0.15, 0.2) is 0 Å². The molecule has 0 spiro atoms. The topological polar surface area (TPSA) is 21.3 Å². The van der Waals surface area contributed by atoms with Gasteiger partial charge in [-0.1, -0.05) is 46.9 Å². The number of methoxy groups -OCH3 is 1. The van der Waals surface area contributed by atoms with E-state index in [4.69, 9.17) is 39.5 Å². The van der Waals surface area contributed by atoms with Crippen molar-refractivity contribution >= 4 is 34.8 Å². The second-order valence-corrected chi connectivity index (χ2v) is 5.88. The van der Waals surface area contributed by atoms with Crippen LogP contribution in [0.4, 0.5) is 0 Å². The lowest BCUT2D eigenvalue weighted by molar-refractivity contribution is 0.415. The van der Waals surface area contributed by atoms with E-state index in [0.29, 0.717) is 20.8 Å². The highest BCUT2D eigenvalue weighted by molar-refractivity contribution is 6.35. The molecule has 2 aromatic carbocycles. The smallest absolute Gasteiger partial charge is 0.137 e. The third-order valence-corrected chi connectivity index (χ3v) is 4.01. The highest BCUT2D eigenvalue weighted by Crippen LogP contribution is 2.25. The quantitative estimate of drug-likeness (QED) is 0.746. The molecule has 0 radical (unpaired) electrons. The maximum absolute atomic E-state index is 6.14. The summed E-state index contributed by atoms with van der Waals surface area (Å²) in [5.74, 6) is 0.688. The zero-order valence-corrected chi connectivity index (χ0v) is 13.9. The second-order valence-electron chi connectivity index (χ2n) is 4.63. The first kappa shape index (κ1) is 16.4. The molecule has 0 bridgehead atoms. The van der Waals surface area contributed by atoms with Crippen LogP contribution in [0.2, 0.25) is 15.1 Å². The molecule has 2 rings (SSSR count). The van der Waals surface area contributed by atoms with Gasteiger partial charge in [-0.3, -0.25) is 0 Å². The van der Waals surface area contributed by atoms with Crippen molar-refractivity contribution in [1.82, 2.24) is 5.32 Å². The Kier molecular flexibility index (Phi) is 6.19. The summed E-state index contributed by atoms with van der Waals surface area (Å²) < 4.78 is 5.13. The Morgan fingerprint density at radius 2 is 1.81 bits per heavy atom. The van der Waals surface area contributed by atoms with Crippen LogP contribution in [-0.2, 0) is 13.0 Å². The van der Waals surface area contributed by atoms with Gasteiger partial charge < -0.3 is 10.1 Å². The molecular formula is C16H16Cl3NO. The molecule has 5 heteroatoms. The van der Waals surface area contributed by atoms with Gasteiger partial charge in [0.1, 0.15) is 5.75 Å². The van der Waals surface area contributed by atoms with Crippen LogP contribution in [0.3, 0.4) is 0 Å². The Hall–Kier alpha value is -0.930. The monoisotopic (exact) mass is 343 g/mol. The molecule has 0 heterocycles. The van der Waals surface area contributed by atoms with Crippen LogP contribution in [0.15, 0.2) is 36.4 Å². The van der Waals surface area contributed by atoms with Crippen LogP contribution < -0.4 is 10.1 Å². The fourth-order valence-electron chi connectivity index (χ4n) is 2.00. The van der Waals surface area contributed by atoms with Crippen LogP contribution in [0.1, 0.15) is 11.1 Å². The third-order valence-electron chi connectivity index (χ3n) is 3.13. The lowest BCUT2D eigenvalue weighted by Crippen LogP contribution is -2.16. The second kappa shape index (κ2) is 7.90.